The van der Waals surface area contributed by atoms with Crippen LogP contribution in [0.25, 0.3) is 12.2 Å². The van der Waals surface area contributed by atoms with Crippen LogP contribution in [0.3, 0.4) is 0 Å². The first-order valence-corrected chi connectivity index (χ1v) is 24.2. The van der Waals surface area contributed by atoms with E-state index in [1.165, 1.54) is 48.6 Å². The maximum atomic E-state index is 12.9. The van der Waals surface area contributed by atoms with Crippen LogP contribution in [-0.4, -0.2) is 107 Å². The van der Waals surface area contributed by atoms with E-state index in [9.17, 15) is 25.9 Å². The molecule has 2 fully saturated rings. The van der Waals surface area contributed by atoms with Crippen LogP contribution < -0.4 is 31.1 Å². The molecule has 352 valence electrons. The average molecular weight is 961 g/mol. The van der Waals surface area contributed by atoms with Gasteiger partial charge in [-0.15, -0.1) is 13.2 Å². The van der Waals surface area contributed by atoms with Crippen molar-refractivity contribution in [3.63, 3.8) is 0 Å². The summed E-state index contributed by atoms with van der Waals surface area (Å²) >= 11 is 0. The normalized spacial score (nSPS) is 16.6. The van der Waals surface area contributed by atoms with Crippen molar-refractivity contribution >= 4 is 90.8 Å². The van der Waals surface area contributed by atoms with E-state index in [0.717, 1.165) is 11.4 Å². The first-order valence-electron chi connectivity index (χ1n) is 21.4. The zero-order valence-electron chi connectivity index (χ0n) is 36.5. The molecule has 4 aromatic carbocycles. The summed E-state index contributed by atoms with van der Waals surface area (Å²) in [7, 11) is -9.73. The van der Waals surface area contributed by atoms with Gasteiger partial charge in [0.15, 0.2) is 0 Å². The van der Waals surface area contributed by atoms with E-state index in [2.05, 4.69) is 64.3 Å². The second-order valence-electron chi connectivity index (χ2n) is 15.5. The lowest BCUT2D eigenvalue weighted by Crippen LogP contribution is -2.43. The molecule has 2 saturated heterocycles. The molecule has 0 spiro atoms. The predicted octanol–water partition coefficient (Wildman–Crippen LogP) is 7.26. The van der Waals surface area contributed by atoms with Crippen LogP contribution in [0.4, 0.5) is 58.4 Å². The van der Waals surface area contributed by atoms with E-state index in [0.29, 0.717) is 64.1 Å². The number of rotatable bonds is 18. The largest absolute Gasteiger partial charge is 0.374 e. The Hall–Kier alpha value is -7.34. The molecule has 8 rings (SSSR count). The van der Waals surface area contributed by atoms with Crippen LogP contribution in [0.1, 0.15) is 24.0 Å². The van der Waals surface area contributed by atoms with E-state index in [1.807, 2.05) is 70.5 Å². The van der Waals surface area contributed by atoms with Gasteiger partial charge in [0.25, 0.3) is 20.2 Å². The molecule has 22 heteroatoms. The number of anilines is 10. The summed E-state index contributed by atoms with van der Waals surface area (Å²) in [6.07, 6.45) is 7.18. The quantitative estimate of drug-likeness (QED) is 0.0281. The minimum atomic E-state index is -4.86. The summed E-state index contributed by atoms with van der Waals surface area (Å²) in [6.45, 7) is 10.5. The molecule has 0 bridgehead atoms. The molecular formula is C46H48N12O8S2. The lowest BCUT2D eigenvalue weighted by molar-refractivity contribution is 0.0421. The van der Waals surface area contributed by atoms with E-state index < -0.39 is 30.0 Å². The van der Waals surface area contributed by atoms with Gasteiger partial charge in [0.2, 0.25) is 35.7 Å². The number of ether oxygens (including phenoxy) is 2. The number of nitrogens with one attached hydrogen (secondary N) is 4. The van der Waals surface area contributed by atoms with Gasteiger partial charge < -0.3 is 40.5 Å². The van der Waals surface area contributed by atoms with Crippen LogP contribution >= 0.6 is 0 Å². The van der Waals surface area contributed by atoms with E-state index in [4.69, 9.17) is 9.47 Å². The molecule has 2 aromatic heterocycles. The minimum Gasteiger partial charge on any atom is -0.374 e. The van der Waals surface area contributed by atoms with Gasteiger partial charge in [-0.05, 0) is 72.5 Å². The van der Waals surface area contributed by atoms with Gasteiger partial charge in [-0.2, -0.15) is 46.7 Å². The first-order chi connectivity index (χ1) is 32.8. The zero-order valence-corrected chi connectivity index (χ0v) is 38.1. The Labute approximate surface area is 393 Å². The summed E-state index contributed by atoms with van der Waals surface area (Å²) in [6, 6.07) is 26.8. The highest BCUT2D eigenvalue weighted by Gasteiger charge is 2.26. The standard InChI is InChI=1S/C46H48N12O8S2/c1-3-11-37-29-57(23-25-65-37)45-53-41(47-33-13-7-5-8-14-33)51-43(55-45)49-35-21-19-31(39(27-35)67(59,60)61)17-18-32-20-22-36(28-40(32)68(62,63)64)50-44-52-42(48-34-15-9-6-10-16-34)54-46(56-44)58-24-26-66-38(30-58)12-4-2/h3-10,13-22,27-28,37-38H,1-2,11-12,23-26,29-30H2,(H,59,60,61)(H,62,63,64)(H2,47,49,51,53,55)(H2,48,50,52,54,56). The van der Waals surface area contributed by atoms with Crippen LogP contribution in [0.15, 0.2) is 132 Å². The van der Waals surface area contributed by atoms with E-state index in [-0.39, 0.29) is 58.5 Å². The van der Waals surface area contributed by atoms with Crippen LogP contribution in [0.5, 0.6) is 0 Å². The molecule has 2 aliphatic heterocycles. The third-order valence-electron chi connectivity index (χ3n) is 10.5. The van der Waals surface area contributed by atoms with Gasteiger partial charge >= 0.3 is 0 Å². The fraction of sp³-hybridized carbons (Fsp3) is 0.217. The van der Waals surface area contributed by atoms with Gasteiger partial charge in [0, 0.05) is 48.9 Å². The highest BCUT2D eigenvalue weighted by atomic mass is 32.2. The predicted molar refractivity (Wildman–Crippen MR) is 261 cm³/mol. The van der Waals surface area contributed by atoms with Crippen molar-refractivity contribution < 1.29 is 35.4 Å². The molecule has 0 amide bonds. The Bertz CT molecular complexity index is 2820. The number of benzene rings is 4. The van der Waals surface area contributed by atoms with Gasteiger partial charge in [-0.25, -0.2) is 0 Å². The van der Waals surface area contributed by atoms with Crippen molar-refractivity contribution in [1.29, 1.82) is 0 Å². The molecule has 6 aromatic rings. The Morgan fingerprint density at radius 3 is 1.26 bits per heavy atom. The minimum absolute atomic E-state index is 0.000452. The Kier molecular flexibility index (Phi) is 14.6. The molecule has 2 unspecified atom stereocenters. The van der Waals surface area contributed by atoms with Gasteiger partial charge in [-0.1, -0.05) is 72.8 Å². The molecule has 68 heavy (non-hydrogen) atoms. The van der Waals surface area contributed by atoms with E-state index >= 15 is 0 Å². The second kappa shape index (κ2) is 21.1. The summed E-state index contributed by atoms with van der Waals surface area (Å²) in [5, 5.41) is 12.4. The van der Waals surface area contributed by atoms with Gasteiger partial charge in [-0.3, -0.25) is 9.11 Å². The lowest BCUT2D eigenvalue weighted by atomic mass is 10.1. The zero-order chi connectivity index (χ0) is 47.7. The molecular weight excluding hydrogens is 913 g/mol. The number of para-hydroxylation sites is 2. The van der Waals surface area contributed by atoms with Crippen molar-refractivity contribution in [2.45, 2.75) is 34.8 Å². The number of morpholine rings is 2. The first kappa shape index (κ1) is 47.2. The van der Waals surface area contributed by atoms with Crippen LogP contribution in [-0.2, 0) is 29.7 Å². The maximum Gasteiger partial charge on any atom is 0.295 e. The highest BCUT2D eigenvalue weighted by molar-refractivity contribution is 7.86. The molecule has 2 aliphatic rings. The highest BCUT2D eigenvalue weighted by Crippen LogP contribution is 2.30. The van der Waals surface area contributed by atoms with E-state index in [1.54, 1.807) is 12.2 Å². The third-order valence-corrected chi connectivity index (χ3v) is 12.4. The number of aromatic nitrogens is 6. The topological polar surface area (TPSA) is 259 Å². The molecule has 2 atom stereocenters. The lowest BCUT2D eigenvalue weighted by Gasteiger charge is -2.32. The Morgan fingerprint density at radius 2 is 0.912 bits per heavy atom. The van der Waals surface area contributed by atoms with Crippen molar-refractivity contribution in [3.8, 4) is 0 Å². The molecule has 0 saturated carbocycles. The number of hydrogen-bond acceptors (Lipinski definition) is 18. The third kappa shape index (κ3) is 12.4. The fourth-order valence-corrected chi connectivity index (χ4v) is 8.80. The fourth-order valence-electron chi connectivity index (χ4n) is 7.38. The summed E-state index contributed by atoms with van der Waals surface area (Å²) in [5.41, 5.74) is 1.85. The summed E-state index contributed by atoms with van der Waals surface area (Å²) in [4.78, 5) is 30.5. The molecule has 0 radical (unpaired) electrons. The number of hydrogen-bond donors (Lipinski definition) is 6. The smallest absolute Gasteiger partial charge is 0.295 e. The Morgan fingerprint density at radius 1 is 0.544 bits per heavy atom. The number of nitrogens with zero attached hydrogens (tertiary/aromatic N) is 8. The van der Waals surface area contributed by atoms with Crippen molar-refractivity contribution in [2.24, 2.45) is 0 Å². The van der Waals surface area contributed by atoms with Crippen LogP contribution in [0, 0.1) is 0 Å². The van der Waals surface area contributed by atoms with Crippen LogP contribution in [0.2, 0.25) is 0 Å². The molecule has 20 nitrogen and oxygen atoms in total. The molecule has 6 N–H and O–H groups in total. The maximum absolute atomic E-state index is 12.9. The second-order valence-corrected chi connectivity index (χ2v) is 18.3. The Balaban J connectivity index is 1.07. The van der Waals surface area contributed by atoms with Gasteiger partial charge in [0.1, 0.15) is 9.79 Å². The molecule has 4 heterocycles. The van der Waals surface area contributed by atoms with Crippen molar-refractivity contribution in [2.75, 3.05) is 70.5 Å². The average Bonchev–Trinajstić information content (AvgIpc) is 3.32. The van der Waals surface area contributed by atoms with Crippen molar-refractivity contribution in [3.05, 3.63) is 133 Å². The summed E-state index contributed by atoms with van der Waals surface area (Å²) in [5.74, 6) is 1.27. The monoisotopic (exact) mass is 960 g/mol. The van der Waals surface area contributed by atoms with Gasteiger partial charge in [0.05, 0.1) is 25.4 Å². The van der Waals surface area contributed by atoms with Crippen molar-refractivity contribution in [1.82, 2.24) is 29.9 Å². The summed E-state index contributed by atoms with van der Waals surface area (Å²) < 4.78 is 83.9. The molecule has 0 aliphatic carbocycles. The SMILES string of the molecule is C=CCC1CN(c2nc(Nc3ccccc3)nc(Nc3ccc(C=Cc4ccc(Nc5nc(Nc6ccccc6)nc(N6CCOC(CC=C)C6)n5)cc4S(=O)(=O)O)c(S(=O)(=O)O)c3)n2)CCO1.